The highest BCUT2D eigenvalue weighted by Crippen LogP contribution is 2.16. The number of rotatable bonds is 0. The zero-order valence-corrected chi connectivity index (χ0v) is 5.68. The molecule has 0 N–H and O–H groups in total. The topological polar surface area (TPSA) is 0 Å². The maximum absolute atomic E-state index is 2.45. The normalized spacial score (nSPS) is 31.8. The van der Waals surface area contributed by atoms with Crippen molar-refractivity contribution in [3.63, 3.8) is 0 Å². The molecule has 0 aromatic heterocycles. The second kappa shape index (κ2) is 1.96. The van der Waals surface area contributed by atoms with E-state index in [0.717, 1.165) is 3.92 Å². The van der Waals surface area contributed by atoms with E-state index < -0.39 is 0 Å². The average molecular weight is 194 g/mol. The van der Waals surface area contributed by atoms with Gasteiger partial charge in [0, 0.05) is 3.92 Å². The van der Waals surface area contributed by atoms with Gasteiger partial charge in [-0.3, -0.25) is 0 Å². The summed E-state index contributed by atoms with van der Waals surface area (Å²) in [4.78, 5) is 0. The van der Waals surface area contributed by atoms with E-state index in [2.05, 4.69) is 34.7 Å². The third-order valence-corrected chi connectivity index (χ3v) is 1.99. The van der Waals surface area contributed by atoms with Gasteiger partial charge in [0.2, 0.25) is 0 Å². The van der Waals surface area contributed by atoms with Gasteiger partial charge in [-0.25, -0.2) is 0 Å². The molecule has 1 rings (SSSR count). The summed E-state index contributed by atoms with van der Waals surface area (Å²) in [5.41, 5.74) is 0. The van der Waals surface area contributed by atoms with E-state index >= 15 is 0 Å². The van der Waals surface area contributed by atoms with Gasteiger partial charge < -0.3 is 0 Å². The third-order valence-electron chi connectivity index (χ3n) is 0.954. The Bertz CT molecular complexity index is 66.3. The van der Waals surface area contributed by atoms with Crippen LogP contribution in [0.15, 0.2) is 12.2 Å². The quantitative estimate of drug-likeness (QED) is 0.315. The number of halogens is 1. The summed E-state index contributed by atoms with van der Waals surface area (Å²) >= 11 is 2.45. The van der Waals surface area contributed by atoms with Crippen LogP contribution in [-0.4, -0.2) is 3.92 Å². The molecule has 1 aliphatic rings. The Morgan fingerprint density at radius 2 is 2.50 bits per heavy atom. The Morgan fingerprint density at radius 3 is 2.67 bits per heavy atom. The van der Waals surface area contributed by atoms with E-state index in [0.29, 0.717) is 0 Å². The Labute approximate surface area is 51.8 Å². The number of hydrogen-bond acceptors (Lipinski definition) is 0. The maximum Gasteiger partial charge on any atom is 0.0292 e. The zero-order valence-electron chi connectivity index (χ0n) is 3.52. The lowest BCUT2D eigenvalue weighted by atomic mass is 10.4. The Morgan fingerprint density at radius 1 is 1.67 bits per heavy atom. The number of alkyl halides is 1. The van der Waals surface area contributed by atoms with Crippen molar-refractivity contribution >= 4 is 22.6 Å². The molecule has 1 heteroatoms. The molecule has 34 valence electrons. The molecule has 1 unspecified atom stereocenters. The van der Waals surface area contributed by atoms with Gasteiger partial charge in [0.1, 0.15) is 0 Å². The van der Waals surface area contributed by atoms with Crippen LogP contribution >= 0.6 is 22.6 Å². The fourth-order valence-electron chi connectivity index (χ4n) is 0.596. The molecule has 0 aromatic rings. The van der Waals surface area contributed by atoms with Crippen molar-refractivity contribution < 1.29 is 0 Å². The fourth-order valence-corrected chi connectivity index (χ4v) is 1.25. The van der Waals surface area contributed by atoms with Crippen LogP contribution in [0.4, 0.5) is 0 Å². The van der Waals surface area contributed by atoms with Crippen LogP contribution in [0.2, 0.25) is 0 Å². The van der Waals surface area contributed by atoms with Crippen LogP contribution in [-0.2, 0) is 0 Å². The summed E-state index contributed by atoms with van der Waals surface area (Å²) in [5, 5.41) is 0. The van der Waals surface area contributed by atoms with Crippen molar-refractivity contribution in [2.24, 2.45) is 0 Å². The third kappa shape index (κ3) is 0.965. The van der Waals surface area contributed by atoms with Gasteiger partial charge in [-0.15, -0.1) is 0 Å². The highest BCUT2D eigenvalue weighted by atomic mass is 127. The van der Waals surface area contributed by atoms with E-state index in [-0.39, 0.29) is 0 Å². The van der Waals surface area contributed by atoms with Gasteiger partial charge in [0.05, 0.1) is 0 Å². The standard InChI is InChI=1S/C5H7I/c6-5-3-1-2-4-5/h1,3,5H,2,4H2. The molecule has 0 amide bonds. The van der Waals surface area contributed by atoms with Gasteiger partial charge in [0.15, 0.2) is 0 Å². The molecule has 0 nitrogen and oxygen atoms in total. The SMILES string of the molecule is IC1C=CCC1. The Balaban J connectivity index is 2.38. The minimum Gasteiger partial charge on any atom is -0.0874 e. The first-order valence-electron chi connectivity index (χ1n) is 2.20. The predicted octanol–water partition coefficient (Wildman–Crippen LogP) is 2.14. The molecule has 1 aliphatic carbocycles. The Hall–Kier alpha value is 0.470. The van der Waals surface area contributed by atoms with Crippen molar-refractivity contribution in [3.05, 3.63) is 12.2 Å². The first kappa shape index (κ1) is 4.62. The second-order valence-electron chi connectivity index (χ2n) is 1.52. The molecular weight excluding hydrogens is 187 g/mol. The first-order valence-corrected chi connectivity index (χ1v) is 3.45. The Kier molecular flexibility index (Phi) is 1.51. The van der Waals surface area contributed by atoms with Crippen molar-refractivity contribution in [2.45, 2.75) is 16.8 Å². The summed E-state index contributed by atoms with van der Waals surface area (Å²) in [6, 6.07) is 0. The molecular formula is C5H7I. The first-order chi connectivity index (χ1) is 2.89. The number of hydrogen-bond donors (Lipinski definition) is 0. The van der Waals surface area contributed by atoms with Gasteiger partial charge in [-0.2, -0.15) is 0 Å². The van der Waals surface area contributed by atoms with Crippen LogP contribution in [0.5, 0.6) is 0 Å². The van der Waals surface area contributed by atoms with Crippen LogP contribution in [0.25, 0.3) is 0 Å². The molecule has 0 aromatic carbocycles. The van der Waals surface area contributed by atoms with Crippen LogP contribution in [0.3, 0.4) is 0 Å². The molecule has 0 bridgehead atoms. The molecule has 1 atom stereocenters. The minimum atomic E-state index is 0.836. The fraction of sp³-hybridized carbons (Fsp3) is 0.600. The molecule has 6 heavy (non-hydrogen) atoms. The predicted molar refractivity (Wildman–Crippen MR) is 36.2 cm³/mol. The van der Waals surface area contributed by atoms with Crippen molar-refractivity contribution in [2.75, 3.05) is 0 Å². The van der Waals surface area contributed by atoms with Crippen molar-refractivity contribution in [3.8, 4) is 0 Å². The van der Waals surface area contributed by atoms with Crippen LogP contribution < -0.4 is 0 Å². The van der Waals surface area contributed by atoms with Crippen molar-refractivity contribution in [1.29, 1.82) is 0 Å². The van der Waals surface area contributed by atoms with E-state index in [1.807, 2.05) is 0 Å². The lowest BCUT2D eigenvalue weighted by molar-refractivity contribution is 0.966. The molecule has 0 saturated heterocycles. The van der Waals surface area contributed by atoms with Gasteiger partial charge in [0.25, 0.3) is 0 Å². The minimum absolute atomic E-state index is 0.836. The molecule has 0 heterocycles. The molecule has 0 spiro atoms. The largest absolute Gasteiger partial charge is 0.0874 e. The van der Waals surface area contributed by atoms with Gasteiger partial charge in [-0.1, -0.05) is 34.7 Å². The van der Waals surface area contributed by atoms with Gasteiger partial charge in [-0.05, 0) is 12.8 Å². The number of allylic oxidation sites excluding steroid dienone is 2. The molecule has 0 fully saturated rings. The maximum atomic E-state index is 2.45. The van der Waals surface area contributed by atoms with Crippen LogP contribution in [0, 0.1) is 0 Å². The smallest absolute Gasteiger partial charge is 0.0292 e. The van der Waals surface area contributed by atoms with Crippen LogP contribution in [0.1, 0.15) is 12.8 Å². The highest BCUT2D eigenvalue weighted by molar-refractivity contribution is 14.1. The summed E-state index contributed by atoms with van der Waals surface area (Å²) in [6.07, 6.45) is 7.17. The average Bonchev–Trinajstić information content (AvgIpc) is 1.86. The zero-order chi connectivity index (χ0) is 4.41. The summed E-state index contributed by atoms with van der Waals surface area (Å²) in [7, 11) is 0. The summed E-state index contributed by atoms with van der Waals surface area (Å²) < 4.78 is 0.836. The lowest BCUT2D eigenvalue weighted by Gasteiger charge is -1.87. The molecule has 0 saturated carbocycles. The van der Waals surface area contributed by atoms with Crippen molar-refractivity contribution in [1.82, 2.24) is 0 Å². The monoisotopic (exact) mass is 194 g/mol. The van der Waals surface area contributed by atoms with E-state index in [4.69, 9.17) is 0 Å². The highest BCUT2D eigenvalue weighted by Gasteiger charge is 2.00. The van der Waals surface area contributed by atoms with E-state index in [9.17, 15) is 0 Å². The summed E-state index contributed by atoms with van der Waals surface area (Å²) in [6.45, 7) is 0. The van der Waals surface area contributed by atoms with Gasteiger partial charge >= 0.3 is 0 Å². The molecule has 0 aliphatic heterocycles. The lowest BCUT2D eigenvalue weighted by Crippen LogP contribution is -1.79. The molecule has 0 radical (unpaired) electrons. The van der Waals surface area contributed by atoms with E-state index in [1.54, 1.807) is 0 Å². The summed E-state index contributed by atoms with van der Waals surface area (Å²) in [5.74, 6) is 0. The second-order valence-corrected chi connectivity index (χ2v) is 3.12. The van der Waals surface area contributed by atoms with E-state index in [1.165, 1.54) is 12.8 Å².